The summed E-state index contributed by atoms with van der Waals surface area (Å²) in [6.07, 6.45) is 5.71. The zero-order valence-electron chi connectivity index (χ0n) is 19.0. The molecule has 1 spiro atoms. The Hall–Kier alpha value is -2.34. The molecule has 0 radical (unpaired) electrons. The lowest BCUT2D eigenvalue weighted by Gasteiger charge is -2.42. The smallest absolute Gasteiger partial charge is 0.410 e. The molecule has 1 saturated heterocycles. The van der Waals surface area contributed by atoms with Gasteiger partial charge in [-0.1, -0.05) is 17.7 Å². The van der Waals surface area contributed by atoms with Crippen molar-refractivity contribution >= 4 is 34.5 Å². The molecular weight excluding hydrogens is 426 g/mol. The molecule has 3 aliphatic rings. The molecule has 2 fully saturated rings. The van der Waals surface area contributed by atoms with E-state index in [1.807, 2.05) is 48.8 Å². The Balaban J connectivity index is 1.37. The van der Waals surface area contributed by atoms with Crippen LogP contribution in [0.1, 0.15) is 68.1 Å². The molecule has 2 aromatic rings. The third-order valence-corrected chi connectivity index (χ3v) is 7.25. The molecule has 2 amide bonds. The molecule has 6 nitrogen and oxygen atoms in total. The summed E-state index contributed by atoms with van der Waals surface area (Å²) in [5, 5.41) is 1.70. The number of pyridine rings is 1. The lowest BCUT2D eigenvalue weighted by atomic mass is 9.94. The summed E-state index contributed by atoms with van der Waals surface area (Å²) >= 11 is 6.69. The fraction of sp³-hybridized carbons (Fsp3) is 0.560. The number of piperazine rings is 1. The summed E-state index contributed by atoms with van der Waals surface area (Å²) in [7, 11) is 0. The van der Waals surface area contributed by atoms with Crippen LogP contribution in [0.3, 0.4) is 0 Å². The summed E-state index contributed by atoms with van der Waals surface area (Å²) in [6, 6.07) is 5.65. The van der Waals surface area contributed by atoms with Crippen LogP contribution in [0.5, 0.6) is 0 Å². The standard InChI is InChI=1S/C25H30ClN3O3/c1-24(2,3)32-23(31)29-13-12-28(15-25(29)10-11-25)22(30)16-8-9-18-20(14-16)27-19-7-5-4-6-17(19)21(18)26/h8-9,14H,4-7,10-13,15H2,1-3H3. The first-order chi connectivity index (χ1) is 15.2. The van der Waals surface area contributed by atoms with E-state index < -0.39 is 5.60 Å². The van der Waals surface area contributed by atoms with Crippen molar-refractivity contribution in [2.24, 2.45) is 0 Å². The second kappa shape index (κ2) is 7.62. The first-order valence-electron chi connectivity index (χ1n) is 11.6. The quantitative estimate of drug-likeness (QED) is 0.607. The van der Waals surface area contributed by atoms with Crippen molar-refractivity contribution in [3.05, 3.63) is 40.0 Å². The second-order valence-electron chi connectivity index (χ2n) is 10.4. The van der Waals surface area contributed by atoms with E-state index in [0.29, 0.717) is 25.2 Å². The zero-order chi connectivity index (χ0) is 22.7. The average Bonchev–Trinajstić information content (AvgIpc) is 3.50. The number of fused-ring (bicyclic) bond motifs is 2. The Morgan fingerprint density at radius 3 is 2.59 bits per heavy atom. The Morgan fingerprint density at radius 2 is 1.88 bits per heavy atom. The number of carbonyl (C=O) groups excluding carboxylic acids is 2. The van der Waals surface area contributed by atoms with Crippen molar-refractivity contribution < 1.29 is 14.3 Å². The maximum atomic E-state index is 13.4. The van der Waals surface area contributed by atoms with Crippen molar-refractivity contribution in [1.29, 1.82) is 0 Å². The number of amides is 2. The fourth-order valence-electron chi connectivity index (χ4n) is 5.01. The highest BCUT2D eigenvalue weighted by atomic mass is 35.5. The van der Waals surface area contributed by atoms with Crippen LogP contribution >= 0.6 is 11.6 Å². The number of ether oxygens (including phenoxy) is 1. The van der Waals surface area contributed by atoms with Gasteiger partial charge in [-0.2, -0.15) is 0 Å². The third kappa shape index (κ3) is 3.83. The number of halogens is 1. The van der Waals surface area contributed by atoms with Gasteiger partial charge in [-0.05, 0) is 77.0 Å². The van der Waals surface area contributed by atoms with Crippen LogP contribution in [0.15, 0.2) is 18.2 Å². The van der Waals surface area contributed by atoms with Crippen molar-refractivity contribution in [2.75, 3.05) is 19.6 Å². The van der Waals surface area contributed by atoms with Crippen LogP contribution in [-0.4, -0.2) is 57.6 Å². The maximum Gasteiger partial charge on any atom is 0.410 e. The van der Waals surface area contributed by atoms with E-state index in [0.717, 1.165) is 60.1 Å². The van der Waals surface area contributed by atoms with E-state index in [1.165, 1.54) is 5.56 Å². The van der Waals surface area contributed by atoms with Crippen molar-refractivity contribution in [1.82, 2.24) is 14.8 Å². The number of hydrogen-bond donors (Lipinski definition) is 0. The molecule has 0 N–H and O–H groups in total. The van der Waals surface area contributed by atoms with E-state index in [2.05, 4.69) is 0 Å². The summed E-state index contributed by atoms with van der Waals surface area (Å²) in [5.74, 6) is -0.0161. The largest absolute Gasteiger partial charge is 0.444 e. The molecule has 2 heterocycles. The molecule has 0 unspecified atom stereocenters. The Kier molecular flexibility index (Phi) is 5.12. The van der Waals surface area contributed by atoms with Crippen LogP contribution in [0, 0.1) is 0 Å². The molecule has 32 heavy (non-hydrogen) atoms. The molecule has 1 aliphatic heterocycles. The van der Waals surface area contributed by atoms with Crippen LogP contribution in [0.25, 0.3) is 10.9 Å². The van der Waals surface area contributed by atoms with E-state index >= 15 is 0 Å². The predicted octanol–water partition coefficient (Wildman–Crippen LogP) is 4.99. The van der Waals surface area contributed by atoms with Crippen LogP contribution in [0.4, 0.5) is 4.79 Å². The normalized spacial score (nSPS) is 19.8. The molecule has 1 aromatic carbocycles. The van der Waals surface area contributed by atoms with Gasteiger partial charge in [0.2, 0.25) is 0 Å². The van der Waals surface area contributed by atoms with Gasteiger partial charge >= 0.3 is 6.09 Å². The SMILES string of the molecule is CC(C)(C)OC(=O)N1CCN(C(=O)c2ccc3c(Cl)c4c(nc3c2)CCCC4)CC12CC2. The number of aromatic nitrogens is 1. The highest BCUT2D eigenvalue weighted by Gasteiger charge is 2.55. The molecule has 5 rings (SSSR count). The summed E-state index contributed by atoms with van der Waals surface area (Å²) in [4.78, 5) is 34.6. The topological polar surface area (TPSA) is 62.7 Å². The molecule has 0 bridgehead atoms. The summed E-state index contributed by atoms with van der Waals surface area (Å²) in [6.45, 7) is 7.16. The number of aryl methyl sites for hydroxylation is 1. The second-order valence-corrected chi connectivity index (χ2v) is 10.8. The lowest BCUT2D eigenvalue weighted by Crippen LogP contribution is -2.59. The summed E-state index contributed by atoms with van der Waals surface area (Å²) in [5.41, 5.74) is 2.83. The molecule has 2 aliphatic carbocycles. The van der Waals surface area contributed by atoms with Gasteiger partial charge in [0.05, 0.1) is 16.1 Å². The first kappa shape index (κ1) is 21.5. The van der Waals surface area contributed by atoms with Crippen molar-refractivity contribution in [2.45, 2.75) is 70.4 Å². The average molecular weight is 456 g/mol. The zero-order valence-corrected chi connectivity index (χ0v) is 19.8. The van der Waals surface area contributed by atoms with Crippen LogP contribution in [-0.2, 0) is 17.6 Å². The minimum absolute atomic E-state index is 0.0161. The minimum atomic E-state index is -0.529. The van der Waals surface area contributed by atoms with Gasteiger partial charge in [-0.3, -0.25) is 14.7 Å². The van der Waals surface area contributed by atoms with Gasteiger partial charge < -0.3 is 9.64 Å². The first-order valence-corrected chi connectivity index (χ1v) is 12.0. The van der Waals surface area contributed by atoms with Gasteiger partial charge in [0, 0.05) is 36.3 Å². The number of nitrogens with zero attached hydrogens (tertiary/aromatic N) is 3. The Bertz CT molecular complexity index is 1100. The number of benzene rings is 1. The van der Waals surface area contributed by atoms with E-state index in [4.69, 9.17) is 21.3 Å². The molecule has 7 heteroatoms. The van der Waals surface area contributed by atoms with Crippen molar-refractivity contribution in [3.63, 3.8) is 0 Å². The molecular formula is C25H30ClN3O3. The highest BCUT2D eigenvalue weighted by molar-refractivity contribution is 6.36. The summed E-state index contributed by atoms with van der Waals surface area (Å²) < 4.78 is 5.60. The maximum absolute atomic E-state index is 13.4. The lowest BCUT2D eigenvalue weighted by molar-refractivity contribution is -0.00572. The van der Waals surface area contributed by atoms with Gasteiger partial charge in [0.1, 0.15) is 5.60 Å². The van der Waals surface area contributed by atoms with E-state index in [9.17, 15) is 9.59 Å². The molecule has 1 saturated carbocycles. The van der Waals surface area contributed by atoms with Crippen LogP contribution in [0.2, 0.25) is 5.02 Å². The van der Waals surface area contributed by atoms with E-state index in [1.54, 1.807) is 0 Å². The fourth-order valence-corrected chi connectivity index (χ4v) is 5.37. The minimum Gasteiger partial charge on any atom is -0.444 e. The Morgan fingerprint density at radius 1 is 1.12 bits per heavy atom. The monoisotopic (exact) mass is 455 g/mol. The number of hydrogen-bond acceptors (Lipinski definition) is 4. The highest BCUT2D eigenvalue weighted by Crippen LogP contribution is 2.45. The molecule has 170 valence electrons. The van der Waals surface area contributed by atoms with Crippen molar-refractivity contribution in [3.8, 4) is 0 Å². The molecule has 0 atom stereocenters. The Labute approximate surface area is 193 Å². The molecule has 1 aromatic heterocycles. The van der Waals surface area contributed by atoms with E-state index in [-0.39, 0.29) is 17.5 Å². The van der Waals surface area contributed by atoms with Gasteiger partial charge in [0.25, 0.3) is 5.91 Å². The van der Waals surface area contributed by atoms with Gasteiger partial charge in [0.15, 0.2) is 0 Å². The predicted molar refractivity (Wildman–Crippen MR) is 124 cm³/mol. The number of rotatable bonds is 1. The van der Waals surface area contributed by atoms with Gasteiger partial charge in [-0.15, -0.1) is 0 Å². The van der Waals surface area contributed by atoms with Gasteiger partial charge in [-0.25, -0.2) is 4.79 Å². The number of carbonyl (C=O) groups is 2. The third-order valence-electron chi connectivity index (χ3n) is 6.82. The van der Waals surface area contributed by atoms with Crippen LogP contribution < -0.4 is 0 Å².